The second-order valence-electron chi connectivity index (χ2n) is 5.88. The second-order valence-corrected chi connectivity index (χ2v) is 5.88. The van der Waals surface area contributed by atoms with Crippen molar-refractivity contribution in [3.8, 4) is 0 Å². The van der Waals surface area contributed by atoms with Crippen molar-refractivity contribution in [3.05, 3.63) is 35.9 Å². The number of amides is 2. The number of hydrogen-bond acceptors (Lipinski definition) is 4. The van der Waals surface area contributed by atoms with Crippen LogP contribution in [0.2, 0.25) is 0 Å². The SMILES string of the molecule is O=C(CC1CC(O)C1)N1C(=O)OC[C@@H]1Cc1ccccc1. The van der Waals surface area contributed by atoms with Crippen LogP contribution in [0.15, 0.2) is 30.3 Å². The first-order valence-electron chi connectivity index (χ1n) is 7.34. The summed E-state index contributed by atoms with van der Waals surface area (Å²) < 4.78 is 5.04. The molecule has 1 heterocycles. The van der Waals surface area contributed by atoms with Gasteiger partial charge < -0.3 is 9.84 Å². The van der Waals surface area contributed by atoms with E-state index in [0.717, 1.165) is 5.56 Å². The Morgan fingerprint density at radius 2 is 2.00 bits per heavy atom. The molecule has 1 aromatic carbocycles. The van der Waals surface area contributed by atoms with Crippen molar-refractivity contribution in [1.29, 1.82) is 0 Å². The van der Waals surface area contributed by atoms with Crippen molar-refractivity contribution in [2.24, 2.45) is 5.92 Å². The van der Waals surface area contributed by atoms with Gasteiger partial charge in [-0.3, -0.25) is 4.79 Å². The molecule has 2 aliphatic rings. The van der Waals surface area contributed by atoms with E-state index in [9.17, 15) is 14.7 Å². The molecule has 5 nitrogen and oxygen atoms in total. The van der Waals surface area contributed by atoms with Gasteiger partial charge in [0.2, 0.25) is 5.91 Å². The van der Waals surface area contributed by atoms with Gasteiger partial charge in [-0.15, -0.1) is 0 Å². The van der Waals surface area contributed by atoms with Crippen LogP contribution < -0.4 is 0 Å². The zero-order valence-electron chi connectivity index (χ0n) is 11.8. The van der Waals surface area contributed by atoms with Crippen LogP contribution >= 0.6 is 0 Å². The van der Waals surface area contributed by atoms with Crippen molar-refractivity contribution in [2.75, 3.05) is 6.61 Å². The predicted octanol–water partition coefficient (Wildman–Crippen LogP) is 1.74. The molecule has 1 N–H and O–H groups in total. The van der Waals surface area contributed by atoms with Gasteiger partial charge in [0, 0.05) is 6.42 Å². The maximum atomic E-state index is 12.3. The lowest BCUT2D eigenvalue weighted by atomic mass is 9.80. The number of aliphatic hydroxyl groups excluding tert-OH is 1. The maximum absolute atomic E-state index is 12.3. The quantitative estimate of drug-likeness (QED) is 0.917. The molecule has 2 amide bonds. The molecule has 1 aliphatic heterocycles. The third kappa shape index (κ3) is 3.08. The van der Waals surface area contributed by atoms with Crippen LogP contribution in [0, 0.1) is 5.92 Å². The molecular formula is C16H19NO4. The van der Waals surface area contributed by atoms with E-state index < -0.39 is 6.09 Å². The minimum atomic E-state index is -0.541. The molecule has 3 rings (SSSR count). The summed E-state index contributed by atoms with van der Waals surface area (Å²) >= 11 is 0. The van der Waals surface area contributed by atoms with E-state index in [4.69, 9.17) is 4.74 Å². The minimum absolute atomic E-state index is 0.185. The van der Waals surface area contributed by atoms with Crippen LogP contribution in [-0.4, -0.2) is 40.8 Å². The highest BCUT2D eigenvalue weighted by atomic mass is 16.6. The summed E-state index contributed by atoms with van der Waals surface area (Å²) in [6.45, 7) is 0.257. The van der Waals surface area contributed by atoms with Crippen LogP contribution in [0.5, 0.6) is 0 Å². The number of benzene rings is 1. The Kier molecular flexibility index (Phi) is 3.92. The lowest BCUT2D eigenvalue weighted by Crippen LogP contribution is -2.42. The lowest BCUT2D eigenvalue weighted by molar-refractivity contribution is -0.131. The number of nitrogens with zero attached hydrogens (tertiary/aromatic N) is 1. The van der Waals surface area contributed by atoms with Gasteiger partial charge in [0.1, 0.15) is 6.61 Å². The van der Waals surface area contributed by atoms with Gasteiger partial charge in [-0.2, -0.15) is 0 Å². The summed E-state index contributed by atoms with van der Waals surface area (Å²) in [7, 11) is 0. The summed E-state index contributed by atoms with van der Waals surface area (Å²) in [6.07, 6.45) is 1.41. The maximum Gasteiger partial charge on any atom is 0.416 e. The third-order valence-corrected chi connectivity index (χ3v) is 4.22. The fourth-order valence-electron chi connectivity index (χ4n) is 3.01. The molecule has 0 aromatic heterocycles. The fourth-order valence-corrected chi connectivity index (χ4v) is 3.01. The molecule has 1 saturated carbocycles. The molecule has 21 heavy (non-hydrogen) atoms. The summed E-state index contributed by atoms with van der Waals surface area (Å²) in [5, 5.41) is 9.28. The summed E-state index contributed by atoms with van der Waals surface area (Å²) in [4.78, 5) is 25.4. The lowest BCUT2D eigenvalue weighted by Gasteiger charge is -2.32. The summed E-state index contributed by atoms with van der Waals surface area (Å²) in [6, 6.07) is 9.55. The minimum Gasteiger partial charge on any atom is -0.447 e. The van der Waals surface area contributed by atoms with Crippen LogP contribution in [0.1, 0.15) is 24.8 Å². The van der Waals surface area contributed by atoms with Gasteiger partial charge >= 0.3 is 6.09 Å². The Balaban J connectivity index is 1.63. The molecular weight excluding hydrogens is 270 g/mol. The molecule has 1 aromatic rings. The molecule has 0 unspecified atom stereocenters. The third-order valence-electron chi connectivity index (χ3n) is 4.22. The Morgan fingerprint density at radius 1 is 1.29 bits per heavy atom. The van der Waals surface area contributed by atoms with Gasteiger partial charge in [-0.05, 0) is 30.7 Å². The highest BCUT2D eigenvalue weighted by molar-refractivity contribution is 5.93. The molecule has 0 bridgehead atoms. The average Bonchev–Trinajstić information content (AvgIpc) is 2.79. The number of cyclic esters (lactones) is 1. The average molecular weight is 289 g/mol. The monoisotopic (exact) mass is 289 g/mol. The highest BCUT2D eigenvalue weighted by Gasteiger charge is 2.40. The molecule has 0 radical (unpaired) electrons. The molecule has 1 atom stereocenters. The smallest absolute Gasteiger partial charge is 0.416 e. The van der Waals surface area contributed by atoms with Gasteiger partial charge in [-0.25, -0.2) is 9.69 Å². The fraction of sp³-hybridized carbons (Fsp3) is 0.500. The topological polar surface area (TPSA) is 66.8 Å². The van der Waals surface area contributed by atoms with Gasteiger partial charge in [0.05, 0.1) is 12.1 Å². The zero-order chi connectivity index (χ0) is 14.8. The van der Waals surface area contributed by atoms with E-state index in [1.54, 1.807) is 0 Å². The Bertz CT molecular complexity index is 524. The number of imide groups is 1. The first kappa shape index (κ1) is 14.1. The number of hydrogen-bond donors (Lipinski definition) is 1. The largest absolute Gasteiger partial charge is 0.447 e. The predicted molar refractivity (Wildman–Crippen MR) is 75.5 cm³/mol. The Hall–Kier alpha value is -1.88. The van der Waals surface area contributed by atoms with Gasteiger partial charge in [-0.1, -0.05) is 30.3 Å². The van der Waals surface area contributed by atoms with Gasteiger partial charge in [0.15, 0.2) is 0 Å². The summed E-state index contributed by atoms with van der Waals surface area (Å²) in [5.74, 6) is 0.00797. The molecule has 112 valence electrons. The van der Waals surface area contributed by atoms with Crippen molar-refractivity contribution in [1.82, 2.24) is 4.90 Å². The second kappa shape index (κ2) is 5.85. The zero-order valence-corrected chi connectivity index (χ0v) is 11.8. The van der Waals surface area contributed by atoms with Crippen LogP contribution in [0.25, 0.3) is 0 Å². The standard InChI is InChI=1S/C16H19NO4/c18-14-7-12(8-14)9-15(19)17-13(10-21-16(17)20)6-11-4-2-1-3-5-11/h1-5,12-14,18H,6-10H2/t12?,13-,14?/m0/s1. The molecule has 5 heteroatoms. The van der Waals surface area contributed by atoms with E-state index >= 15 is 0 Å². The Labute approximate surface area is 123 Å². The number of aliphatic hydroxyl groups is 1. The first-order valence-corrected chi connectivity index (χ1v) is 7.34. The van der Waals surface area contributed by atoms with E-state index in [1.807, 2.05) is 30.3 Å². The number of carbonyl (C=O) groups excluding carboxylic acids is 2. The van der Waals surface area contributed by atoms with Crippen molar-refractivity contribution >= 4 is 12.0 Å². The van der Waals surface area contributed by atoms with Gasteiger partial charge in [0.25, 0.3) is 0 Å². The number of ether oxygens (including phenoxy) is 1. The highest BCUT2D eigenvalue weighted by Crippen LogP contribution is 2.31. The number of carbonyl (C=O) groups is 2. The van der Waals surface area contributed by atoms with E-state index in [-0.39, 0.29) is 30.6 Å². The molecule has 1 aliphatic carbocycles. The van der Waals surface area contributed by atoms with E-state index in [0.29, 0.717) is 25.7 Å². The van der Waals surface area contributed by atoms with E-state index in [1.165, 1.54) is 4.90 Å². The van der Waals surface area contributed by atoms with Crippen LogP contribution in [-0.2, 0) is 16.0 Å². The normalized spacial score (nSPS) is 28.1. The first-order chi connectivity index (χ1) is 10.1. The number of rotatable bonds is 4. The summed E-state index contributed by atoms with van der Waals surface area (Å²) in [5.41, 5.74) is 1.08. The van der Waals surface area contributed by atoms with E-state index in [2.05, 4.69) is 0 Å². The molecule has 1 saturated heterocycles. The Morgan fingerprint density at radius 3 is 2.67 bits per heavy atom. The van der Waals surface area contributed by atoms with Crippen molar-refractivity contribution in [3.63, 3.8) is 0 Å². The van der Waals surface area contributed by atoms with Crippen molar-refractivity contribution < 1.29 is 19.4 Å². The van der Waals surface area contributed by atoms with Crippen LogP contribution in [0.4, 0.5) is 4.79 Å². The van der Waals surface area contributed by atoms with Crippen LogP contribution in [0.3, 0.4) is 0 Å². The molecule has 0 spiro atoms. The van der Waals surface area contributed by atoms with Crippen molar-refractivity contribution in [2.45, 2.75) is 37.8 Å². The molecule has 2 fully saturated rings.